The van der Waals surface area contributed by atoms with Crippen LogP contribution in [0, 0.1) is 0 Å². The van der Waals surface area contributed by atoms with E-state index in [1.807, 2.05) is 30.4 Å². The van der Waals surface area contributed by atoms with E-state index in [1.54, 1.807) is 18.3 Å². The van der Waals surface area contributed by atoms with Crippen molar-refractivity contribution in [1.82, 2.24) is 4.98 Å². The van der Waals surface area contributed by atoms with Gasteiger partial charge in [-0.05, 0) is 42.7 Å². The molecule has 1 aliphatic rings. The molecule has 0 spiro atoms. The Labute approximate surface area is 157 Å². The van der Waals surface area contributed by atoms with Crippen LogP contribution in [0.5, 0.6) is 0 Å². The van der Waals surface area contributed by atoms with Gasteiger partial charge in [0, 0.05) is 29.9 Å². The fourth-order valence-electron chi connectivity index (χ4n) is 2.90. The van der Waals surface area contributed by atoms with E-state index in [2.05, 4.69) is 20.4 Å². The molecule has 7 heteroatoms. The average Bonchev–Trinajstić information content (AvgIpc) is 2.67. The fourth-order valence-corrected chi connectivity index (χ4v) is 2.90. The van der Waals surface area contributed by atoms with Crippen LogP contribution in [0.25, 0.3) is 11.1 Å². The molecule has 0 saturated carbocycles. The van der Waals surface area contributed by atoms with Crippen LogP contribution in [-0.2, 0) is 9.53 Å². The maximum Gasteiger partial charge on any atom is 0.411 e. The lowest BCUT2D eigenvalue weighted by molar-refractivity contribution is -0.115. The zero-order valence-electron chi connectivity index (χ0n) is 15.1. The molecule has 2 aromatic rings. The normalized spacial score (nSPS) is 18.0. The van der Waals surface area contributed by atoms with Crippen molar-refractivity contribution in [2.75, 3.05) is 17.7 Å². The first-order valence-electron chi connectivity index (χ1n) is 8.72. The Kier molecular flexibility index (Phi) is 5.83. The lowest BCUT2D eigenvalue weighted by atomic mass is 10.0. The van der Waals surface area contributed by atoms with E-state index in [-0.39, 0.29) is 18.4 Å². The standard InChI is InChI=1S/C20H22N4O3/c1-27-20(26)23-14-7-8-15-13-9-10-22-18(11-13)16(21)5-3-2-4-6-19(25)24-17(15)12-14/h2,4,7-12,16H,3,5-6,21H2,1H3,(H,23,26)(H,24,25)/b4-2+/t16-/m0/s1. The maximum absolute atomic E-state index is 12.3. The van der Waals surface area contributed by atoms with E-state index >= 15 is 0 Å². The second-order valence-corrected chi connectivity index (χ2v) is 6.25. The number of aromatic nitrogens is 1. The number of amides is 2. The quantitative estimate of drug-likeness (QED) is 0.669. The Bertz CT molecular complexity index is 879. The van der Waals surface area contributed by atoms with Crippen LogP contribution in [-0.4, -0.2) is 24.1 Å². The molecule has 2 amide bonds. The summed E-state index contributed by atoms with van der Waals surface area (Å²) in [6.07, 6.45) is 6.72. The predicted molar refractivity (Wildman–Crippen MR) is 104 cm³/mol. The summed E-state index contributed by atoms with van der Waals surface area (Å²) in [7, 11) is 1.29. The van der Waals surface area contributed by atoms with Crippen LogP contribution < -0.4 is 16.4 Å². The molecule has 2 bridgehead atoms. The van der Waals surface area contributed by atoms with Gasteiger partial charge in [-0.25, -0.2) is 4.79 Å². The topological polar surface area (TPSA) is 106 Å². The van der Waals surface area contributed by atoms with Crippen molar-refractivity contribution >= 4 is 23.4 Å². The number of pyridine rings is 1. The highest BCUT2D eigenvalue weighted by Crippen LogP contribution is 2.32. The Hall–Kier alpha value is -3.19. The first-order valence-corrected chi connectivity index (χ1v) is 8.72. The van der Waals surface area contributed by atoms with Crippen LogP contribution in [0.1, 0.15) is 31.0 Å². The van der Waals surface area contributed by atoms with Gasteiger partial charge in [-0.1, -0.05) is 18.2 Å². The second kappa shape index (κ2) is 8.46. The molecule has 4 N–H and O–H groups in total. The molecular weight excluding hydrogens is 344 g/mol. The van der Waals surface area contributed by atoms with Crippen LogP contribution in [0.4, 0.5) is 16.2 Å². The number of carbonyl (C=O) groups is 2. The summed E-state index contributed by atoms with van der Waals surface area (Å²) < 4.78 is 4.62. The number of methoxy groups -OCH3 is 1. The third-order valence-corrected chi connectivity index (χ3v) is 4.31. The summed E-state index contributed by atoms with van der Waals surface area (Å²) in [6.45, 7) is 0. The molecule has 0 aliphatic carbocycles. The molecule has 2 heterocycles. The third kappa shape index (κ3) is 4.71. The van der Waals surface area contributed by atoms with Crippen molar-refractivity contribution in [2.45, 2.75) is 25.3 Å². The maximum atomic E-state index is 12.3. The molecular formula is C20H22N4O3. The number of ether oxygens (including phenoxy) is 1. The molecule has 7 nitrogen and oxygen atoms in total. The van der Waals surface area contributed by atoms with Crippen molar-refractivity contribution < 1.29 is 14.3 Å². The van der Waals surface area contributed by atoms with Crippen LogP contribution in [0.15, 0.2) is 48.7 Å². The predicted octanol–water partition coefficient (Wildman–Crippen LogP) is 3.61. The number of fused-ring (bicyclic) bond motifs is 4. The molecule has 1 aromatic heterocycles. The molecule has 140 valence electrons. The summed E-state index contributed by atoms with van der Waals surface area (Å²) in [5.74, 6) is -0.138. The summed E-state index contributed by atoms with van der Waals surface area (Å²) in [6, 6.07) is 8.91. The number of nitrogens with one attached hydrogen (secondary N) is 2. The van der Waals surface area contributed by atoms with Gasteiger partial charge in [-0.3, -0.25) is 15.1 Å². The monoisotopic (exact) mass is 366 g/mol. The minimum Gasteiger partial charge on any atom is -0.453 e. The van der Waals surface area contributed by atoms with Gasteiger partial charge in [0.2, 0.25) is 5.91 Å². The molecule has 1 aromatic carbocycles. The van der Waals surface area contributed by atoms with Gasteiger partial charge in [0.1, 0.15) is 0 Å². The van der Waals surface area contributed by atoms with Crippen LogP contribution >= 0.6 is 0 Å². The van der Waals surface area contributed by atoms with E-state index in [1.165, 1.54) is 7.11 Å². The number of carbonyl (C=O) groups excluding carboxylic acids is 2. The SMILES string of the molecule is COC(=O)Nc1ccc2c(c1)NC(=O)C/C=C/CC[C@H](N)c1cc-2ccn1. The molecule has 0 saturated heterocycles. The summed E-state index contributed by atoms with van der Waals surface area (Å²) in [4.78, 5) is 28.2. The van der Waals surface area contributed by atoms with Gasteiger partial charge >= 0.3 is 6.09 Å². The zero-order chi connectivity index (χ0) is 19.2. The van der Waals surface area contributed by atoms with Crippen molar-refractivity contribution in [1.29, 1.82) is 0 Å². The smallest absolute Gasteiger partial charge is 0.411 e. The number of anilines is 2. The van der Waals surface area contributed by atoms with Gasteiger partial charge in [-0.2, -0.15) is 0 Å². The van der Waals surface area contributed by atoms with Gasteiger partial charge in [0.25, 0.3) is 0 Å². The van der Waals surface area contributed by atoms with Crippen LogP contribution in [0.2, 0.25) is 0 Å². The lowest BCUT2D eigenvalue weighted by Crippen LogP contribution is -2.14. The Morgan fingerprint density at radius 2 is 2.15 bits per heavy atom. The van der Waals surface area contributed by atoms with E-state index in [0.717, 1.165) is 29.7 Å². The molecule has 1 aliphatic heterocycles. The van der Waals surface area contributed by atoms with E-state index in [4.69, 9.17) is 5.73 Å². The largest absolute Gasteiger partial charge is 0.453 e. The highest BCUT2D eigenvalue weighted by Gasteiger charge is 2.14. The second-order valence-electron chi connectivity index (χ2n) is 6.25. The van der Waals surface area contributed by atoms with Crippen LogP contribution in [0.3, 0.4) is 0 Å². The zero-order valence-corrected chi connectivity index (χ0v) is 15.1. The average molecular weight is 366 g/mol. The minimum absolute atomic E-state index is 0.138. The number of nitrogens with two attached hydrogens (primary N) is 1. The lowest BCUT2D eigenvalue weighted by Gasteiger charge is -2.15. The molecule has 27 heavy (non-hydrogen) atoms. The molecule has 3 rings (SSSR count). The van der Waals surface area contributed by atoms with Crippen molar-refractivity contribution in [3.05, 3.63) is 54.4 Å². The fraction of sp³-hybridized carbons (Fsp3) is 0.250. The number of benzene rings is 1. The van der Waals surface area contributed by atoms with E-state index in [9.17, 15) is 9.59 Å². The molecule has 0 fully saturated rings. The van der Waals surface area contributed by atoms with Gasteiger partial charge < -0.3 is 15.8 Å². The number of nitrogens with zero attached hydrogens (tertiary/aromatic N) is 1. The van der Waals surface area contributed by atoms with E-state index < -0.39 is 6.09 Å². The highest BCUT2D eigenvalue weighted by molar-refractivity contribution is 5.98. The number of rotatable bonds is 1. The minimum atomic E-state index is -0.578. The van der Waals surface area contributed by atoms with Crippen molar-refractivity contribution in [2.24, 2.45) is 5.73 Å². The van der Waals surface area contributed by atoms with Gasteiger partial charge in [-0.15, -0.1) is 0 Å². The summed E-state index contributed by atoms with van der Waals surface area (Å²) >= 11 is 0. The third-order valence-electron chi connectivity index (χ3n) is 4.31. The Morgan fingerprint density at radius 3 is 2.96 bits per heavy atom. The first-order chi connectivity index (χ1) is 13.1. The Morgan fingerprint density at radius 1 is 1.30 bits per heavy atom. The molecule has 0 radical (unpaired) electrons. The van der Waals surface area contributed by atoms with Gasteiger partial charge in [0.05, 0.1) is 18.5 Å². The van der Waals surface area contributed by atoms with Crippen molar-refractivity contribution in [3.8, 4) is 11.1 Å². The first kappa shape index (κ1) is 18.6. The number of allylic oxidation sites excluding steroid dienone is 1. The van der Waals surface area contributed by atoms with E-state index in [0.29, 0.717) is 11.4 Å². The summed E-state index contributed by atoms with van der Waals surface area (Å²) in [5.41, 5.74) is 9.88. The van der Waals surface area contributed by atoms with Gasteiger partial charge in [0.15, 0.2) is 0 Å². The number of hydrogen-bond donors (Lipinski definition) is 3. The van der Waals surface area contributed by atoms with Crippen molar-refractivity contribution in [3.63, 3.8) is 0 Å². The summed E-state index contributed by atoms with van der Waals surface area (Å²) in [5, 5.41) is 5.52. The highest BCUT2D eigenvalue weighted by atomic mass is 16.5. The number of hydrogen-bond acceptors (Lipinski definition) is 5. The molecule has 0 unspecified atom stereocenters. The molecule has 1 atom stereocenters. The Balaban J connectivity index is 2.05.